The molecule has 148 valence electrons. The first-order chi connectivity index (χ1) is 12.9. The Morgan fingerprint density at radius 1 is 1.26 bits per heavy atom. The number of rotatable bonds is 5. The van der Waals surface area contributed by atoms with Crippen LogP contribution in [0.3, 0.4) is 0 Å². The first kappa shape index (κ1) is 18.7. The number of nitrogens with one attached hydrogen (secondary N) is 2. The molecule has 7 nitrogen and oxygen atoms in total. The maximum atomic E-state index is 13.0. The van der Waals surface area contributed by atoms with Gasteiger partial charge >= 0.3 is 0 Å². The van der Waals surface area contributed by atoms with Gasteiger partial charge in [0.2, 0.25) is 10.0 Å². The van der Waals surface area contributed by atoms with Crippen LogP contribution in [0.25, 0.3) is 0 Å². The molecule has 1 spiro atoms. The number of piperidine rings is 1. The van der Waals surface area contributed by atoms with Crippen molar-refractivity contribution in [3.8, 4) is 5.75 Å². The number of methoxy groups -OCH3 is 1. The monoisotopic (exact) mass is 393 g/mol. The average Bonchev–Trinajstić information content (AvgIpc) is 3.37. The number of ether oxygens (including phenoxy) is 1. The molecule has 2 aliphatic heterocycles. The van der Waals surface area contributed by atoms with Crippen LogP contribution in [-0.4, -0.2) is 58.6 Å². The van der Waals surface area contributed by atoms with Crippen molar-refractivity contribution < 1.29 is 17.9 Å². The fraction of sp³-hybridized carbons (Fsp3) is 0.632. The van der Waals surface area contributed by atoms with Crippen LogP contribution >= 0.6 is 0 Å². The molecule has 0 radical (unpaired) electrons. The molecule has 3 fully saturated rings. The summed E-state index contributed by atoms with van der Waals surface area (Å²) < 4.78 is 33.2. The highest BCUT2D eigenvalue weighted by Gasteiger charge is 2.38. The molecule has 2 heterocycles. The molecule has 1 aliphatic carbocycles. The van der Waals surface area contributed by atoms with Gasteiger partial charge in [-0.25, -0.2) is 13.1 Å². The van der Waals surface area contributed by atoms with Gasteiger partial charge in [-0.2, -0.15) is 0 Å². The lowest BCUT2D eigenvalue weighted by molar-refractivity contribution is 0.0607. The van der Waals surface area contributed by atoms with Crippen molar-refractivity contribution in [3.63, 3.8) is 0 Å². The van der Waals surface area contributed by atoms with Gasteiger partial charge in [0, 0.05) is 31.2 Å². The lowest BCUT2D eigenvalue weighted by atomic mass is 9.78. The number of hydrogen-bond donors (Lipinski definition) is 2. The van der Waals surface area contributed by atoms with Crippen molar-refractivity contribution >= 4 is 15.9 Å². The fourth-order valence-corrected chi connectivity index (χ4v) is 5.59. The van der Waals surface area contributed by atoms with E-state index in [1.807, 2.05) is 4.90 Å². The van der Waals surface area contributed by atoms with Crippen LogP contribution in [0.1, 0.15) is 42.5 Å². The minimum absolute atomic E-state index is 0.00244. The zero-order valence-electron chi connectivity index (χ0n) is 15.7. The van der Waals surface area contributed by atoms with Crippen molar-refractivity contribution in [2.24, 2.45) is 5.41 Å². The fourth-order valence-electron chi connectivity index (χ4n) is 4.09. The third-order valence-corrected chi connectivity index (χ3v) is 7.58. The van der Waals surface area contributed by atoms with Crippen molar-refractivity contribution in [1.82, 2.24) is 14.9 Å². The molecule has 0 atom stereocenters. The average molecular weight is 394 g/mol. The summed E-state index contributed by atoms with van der Waals surface area (Å²) in [7, 11) is -2.26. The van der Waals surface area contributed by atoms with E-state index in [-0.39, 0.29) is 22.6 Å². The molecule has 4 rings (SSSR count). The highest BCUT2D eigenvalue weighted by atomic mass is 32.2. The second-order valence-electron chi connectivity index (χ2n) is 7.98. The minimum Gasteiger partial charge on any atom is -0.495 e. The Balaban J connectivity index is 1.53. The second kappa shape index (κ2) is 7.07. The number of amides is 1. The van der Waals surface area contributed by atoms with Crippen LogP contribution in [0.4, 0.5) is 0 Å². The van der Waals surface area contributed by atoms with Gasteiger partial charge in [0.15, 0.2) is 0 Å². The van der Waals surface area contributed by atoms with Crippen LogP contribution in [0.5, 0.6) is 5.75 Å². The normalized spacial score (nSPS) is 22.2. The number of hydrogen-bond acceptors (Lipinski definition) is 5. The maximum Gasteiger partial charge on any atom is 0.253 e. The molecule has 1 aromatic rings. The van der Waals surface area contributed by atoms with Crippen molar-refractivity contribution in [2.75, 3.05) is 33.3 Å². The Labute approximate surface area is 160 Å². The van der Waals surface area contributed by atoms with E-state index in [4.69, 9.17) is 4.74 Å². The maximum absolute atomic E-state index is 13.0. The quantitative estimate of drug-likeness (QED) is 0.789. The van der Waals surface area contributed by atoms with Crippen LogP contribution < -0.4 is 14.8 Å². The Bertz CT molecular complexity index is 819. The van der Waals surface area contributed by atoms with Gasteiger partial charge in [0.25, 0.3) is 5.91 Å². The minimum atomic E-state index is -3.70. The highest BCUT2D eigenvalue weighted by Crippen LogP contribution is 2.37. The predicted molar refractivity (Wildman–Crippen MR) is 101 cm³/mol. The summed E-state index contributed by atoms with van der Waals surface area (Å²) in [6.07, 6.45) is 4.87. The van der Waals surface area contributed by atoms with Crippen molar-refractivity contribution in [3.05, 3.63) is 23.8 Å². The Kier molecular flexibility index (Phi) is 4.90. The largest absolute Gasteiger partial charge is 0.495 e. The van der Waals surface area contributed by atoms with E-state index < -0.39 is 10.0 Å². The molecular weight excluding hydrogens is 366 g/mol. The van der Waals surface area contributed by atoms with Crippen LogP contribution in [0.2, 0.25) is 0 Å². The van der Waals surface area contributed by atoms with E-state index in [1.165, 1.54) is 19.6 Å². The number of carbonyl (C=O) groups excluding carboxylic acids is 1. The first-order valence-corrected chi connectivity index (χ1v) is 11.1. The van der Waals surface area contributed by atoms with Crippen LogP contribution in [0, 0.1) is 5.41 Å². The molecule has 0 aromatic heterocycles. The number of carbonyl (C=O) groups is 1. The smallest absolute Gasteiger partial charge is 0.253 e. The third-order valence-electron chi connectivity index (χ3n) is 6.04. The topological polar surface area (TPSA) is 87.7 Å². The molecule has 1 amide bonds. The lowest BCUT2D eigenvalue weighted by Crippen LogP contribution is -2.44. The Morgan fingerprint density at radius 2 is 2.00 bits per heavy atom. The van der Waals surface area contributed by atoms with E-state index >= 15 is 0 Å². The first-order valence-electron chi connectivity index (χ1n) is 9.63. The number of likely N-dealkylation sites (tertiary alicyclic amines) is 1. The lowest BCUT2D eigenvalue weighted by Gasteiger charge is -2.39. The highest BCUT2D eigenvalue weighted by molar-refractivity contribution is 7.89. The van der Waals surface area contributed by atoms with Crippen LogP contribution in [-0.2, 0) is 10.0 Å². The zero-order chi connectivity index (χ0) is 19.1. The number of nitrogens with zero attached hydrogens (tertiary/aromatic N) is 1. The van der Waals surface area contributed by atoms with Crippen molar-refractivity contribution in [2.45, 2.75) is 43.0 Å². The zero-order valence-corrected chi connectivity index (χ0v) is 16.5. The summed E-state index contributed by atoms with van der Waals surface area (Å²) in [4.78, 5) is 14.9. The van der Waals surface area contributed by atoms with E-state index in [1.54, 1.807) is 12.1 Å². The van der Waals surface area contributed by atoms with Crippen LogP contribution in [0.15, 0.2) is 23.1 Å². The van der Waals surface area contributed by atoms with Gasteiger partial charge in [0.05, 0.1) is 7.11 Å². The molecule has 0 bridgehead atoms. The molecule has 2 saturated heterocycles. The van der Waals surface area contributed by atoms with Gasteiger partial charge in [-0.3, -0.25) is 4.79 Å². The SMILES string of the molecule is COc1ccc(C(=O)N2CCC3(CCNC3)CC2)cc1S(=O)(=O)NC1CC1. The summed E-state index contributed by atoms with van der Waals surface area (Å²) in [6.45, 7) is 3.53. The van der Waals surface area contributed by atoms with E-state index in [9.17, 15) is 13.2 Å². The number of benzene rings is 1. The molecule has 1 aromatic carbocycles. The molecule has 3 aliphatic rings. The summed E-state index contributed by atoms with van der Waals surface area (Å²) in [5, 5.41) is 3.42. The van der Waals surface area contributed by atoms with Gasteiger partial charge < -0.3 is 15.0 Å². The van der Waals surface area contributed by atoms with E-state index in [2.05, 4.69) is 10.0 Å². The van der Waals surface area contributed by atoms with Crippen molar-refractivity contribution in [1.29, 1.82) is 0 Å². The molecule has 8 heteroatoms. The Hall–Kier alpha value is -1.64. The summed E-state index contributed by atoms with van der Waals surface area (Å²) >= 11 is 0. The molecule has 0 unspecified atom stereocenters. The number of sulfonamides is 1. The van der Waals surface area contributed by atoms with Gasteiger partial charge in [-0.15, -0.1) is 0 Å². The molecular formula is C19H27N3O4S. The summed E-state index contributed by atoms with van der Waals surface area (Å²) in [5.41, 5.74) is 0.729. The van der Waals surface area contributed by atoms with Gasteiger partial charge in [0.1, 0.15) is 10.6 Å². The van der Waals surface area contributed by atoms with Gasteiger partial charge in [-0.05, 0) is 62.3 Å². The van der Waals surface area contributed by atoms with E-state index in [0.717, 1.165) is 51.9 Å². The molecule has 1 saturated carbocycles. The third kappa shape index (κ3) is 3.83. The van der Waals surface area contributed by atoms with Gasteiger partial charge in [-0.1, -0.05) is 0 Å². The standard InChI is InChI=1S/C19H27N3O4S/c1-26-16-5-2-14(12-17(16)27(24,25)21-15-3-4-15)18(23)22-10-7-19(8-11-22)6-9-20-13-19/h2,5,12,15,20-21H,3-4,6-11,13H2,1H3. The van der Waals surface area contributed by atoms with E-state index in [0.29, 0.717) is 11.0 Å². The summed E-state index contributed by atoms with van der Waals surface area (Å²) in [6, 6.07) is 4.67. The Morgan fingerprint density at radius 3 is 2.59 bits per heavy atom. The summed E-state index contributed by atoms with van der Waals surface area (Å²) in [5.74, 6) is 0.149. The predicted octanol–water partition coefficient (Wildman–Crippen LogP) is 1.35. The molecule has 2 N–H and O–H groups in total. The molecule has 27 heavy (non-hydrogen) atoms. The second-order valence-corrected chi connectivity index (χ2v) is 9.66.